The van der Waals surface area contributed by atoms with Gasteiger partial charge in [-0.15, -0.1) is 0 Å². The molecule has 1 aromatic carbocycles. The number of amides is 1. The number of hydrogen-bond acceptors (Lipinski definition) is 7. The summed E-state index contributed by atoms with van der Waals surface area (Å²) in [6.07, 6.45) is 3.14. The molecule has 2 atom stereocenters. The summed E-state index contributed by atoms with van der Waals surface area (Å²) in [5.41, 5.74) is 3.18. The summed E-state index contributed by atoms with van der Waals surface area (Å²) in [6, 6.07) is 9.92. The fourth-order valence-electron chi connectivity index (χ4n) is 4.55. The number of anilines is 2. The molecule has 9 heteroatoms. The van der Waals surface area contributed by atoms with Gasteiger partial charge in [0, 0.05) is 24.6 Å². The second-order valence-electron chi connectivity index (χ2n) is 8.67. The first-order valence-corrected chi connectivity index (χ1v) is 11.8. The maximum absolute atomic E-state index is 12.9. The van der Waals surface area contributed by atoms with Gasteiger partial charge < -0.3 is 29.4 Å². The van der Waals surface area contributed by atoms with Crippen molar-refractivity contribution in [3.63, 3.8) is 0 Å². The summed E-state index contributed by atoms with van der Waals surface area (Å²) in [7, 11) is 3.00. The number of nitrogens with zero attached hydrogens (tertiary/aromatic N) is 2. The predicted molar refractivity (Wildman–Crippen MR) is 134 cm³/mol. The lowest BCUT2D eigenvalue weighted by Crippen LogP contribution is -2.24. The van der Waals surface area contributed by atoms with Crippen molar-refractivity contribution in [1.29, 1.82) is 0 Å². The molecular formula is C26H32N4O5. The number of fused-ring (bicyclic) bond motifs is 1. The van der Waals surface area contributed by atoms with Crippen LogP contribution in [0.15, 0.2) is 36.5 Å². The maximum Gasteiger partial charge on any atom is 0.356 e. The first kappa shape index (κ1) is 24.5. The van der Waals surface area contributed by atoms with Crippen LogP contribution in [0.3, 0.4) is 0 Å². The van der Waals surface area contributed by atoms with Gasteiger partial charge in [-0.3, -0.25) is 4.79 Å². The second kappa shape index (κ2) is 10.8. The van der Waals surface area contributed by atoms with E-state index in [0.717, 1.165) is 23.4 Å². The van der Waals surface area contributed by atoms with Crippen LogP contribution in [-0.4, -0.2) is 54.9 Å². The van der Waals surface area contributed by atoms with Gasteiger partial charge in [-0.1, -0.05) is 18.2 Å². The van der Waals surface area contributed by atoms with Crippen LogP contribution >= 0.6 is 0 Å². The minimum Gasteiger partial charge on any atom is -0.496 e. The van der Waals surface area contributed by atoms with Crippen molar-refractivity contribution in [3.05, 3.63) is 47.8 Å². The number of esters is 1. The Morgan fingerprint density at radius 2 is 2.09 bits per heavy atom. The Morgan fingerprint density at radius 3 is 2.77 bits per heavy atom. The van der Waals surface area contributed by atoms with Gasteiger partial charge in [0.15, 0.2) is 5.69 Å². The lowest BCUT2D eigenvalue weighted by molar-refractivity contribution is -0.119. The topological polar surface area (TPSA) is 104 Å². The van der Waals surface area contributed by atoms with Crippen molar-refractivity contribution in [2.45, 2.75) is 39.3 Å². The molecule has 1 fully saturated rings. The third-order valence-electron chi connectivity index (χ3n) is 6.27. The minimum absolute atomic E-state index is 0.0765. The number of nitrogens with one attached hydrogen (secondary N) is 2. The van der Waals surface area contributed by atoms with Crippen LogP contribution in [0.5, 0.6) is 5.75 Å². The number of ether oxygens (including phenoxy) is 3. The average molecular weight is 481 g/mol. The van der Waals surface area contributed by atoms with E-state index < -0.39 is 5.97 Å². The van der Waals surface area contributed by atoms with E-state index >= 15 is 0 Å². The van der Waals surface area contributed by atoms with Gasteiger partial charge in [-0.25, -0.2) is 9.78 Å². The molecule has 0 unspecified atom stereocenters. The van der Waals surface area contributed by atoms with Crippen molar-refractivity contribution in [2.24, 2.45) is 5.92 Å². The van der Waals surface area contributed by atoms with E-state index in [1.54, 1.807) is 17.9 Å². The molecule has 2 aromatic heterocycles. The van der Waals surface area contributed by atoms with E-state index in [2.05, 4.69) is 22.5 Å². The van der Waals surface area contributed by atoms with Gasteiger partial charge in [0.25, 0.3) is 0 Å². The van der Waals surface area contributed by atoms with Crippen molar-refractivity contribution in [3.8, 4) is 5.75 Å². The van der Waals surface area contributed by atoms with Gasteiger partial charge in [-0.2, -0.15) is 0 Å². The monoisotopic (exact) mass is 480 g/mol. The number of pyridine rings is 1. The first-order chi connectivity index (χ1) is 17.0. The van der Waals surface area contributed by atoms with E-state index in [9.17, 15) is 9.59 Å². The normalized spacial score (nSPS) is 16.2. The zero-order valence-electron chi connectivity index (χ0n) is 20.6. The third-order valence-corrected chi connectivity index (χ3v) is 6.27. The molecule has 0 bridgehead atoms. The number of aromatic nitrogens is 2. The van der Waals surface area contributed by atoms with E-state index in [4.69, 9.17) is 14.2 Å². The van der Waals surface area contributed by atoms with Crippen molar-refractivity contribution in [2.75, 3.05) is 38.1 Å². The molecular weight excluding hydrogens is 448 g/mol. The summed E-state index contributed by atoms with van der Waals surface area (Å²) >= 11 is 0. The Hall–Kier alpha value is -3.59. The molecule has 3 heterocycles. The molecule has 0 aliphatic carbocycles. The number of hydrogen-bond donors (Lipinski definition) is 2. The molecule has 186 valence electrons. The van der Waals surface area contributed by atoms with Crippen LogP contribution in [0, 0.1) is 5.92 Å². The molecule has 4 rings (SSSR count). The highest BCUT2D eigenvalue weighted by Crippen LogP contribution is 2.33. The molecule has 1 saturated heterocycles. The Kier molecular flexibility index (Phi) is 7.55. The molecule has 1 aliphatic rings. The Morgan fingerprint density at radius 1 is 1.29 bits per heavy atom. The van der Waals surface area contributed by atoms with E-state index in [0.29, 0.717) is 42.9 Å². The van der Waals surface area contributed by atoms with Crippen molar-refractivity contribution < 1.29 is 23.8 Å². The number of rotatable bonds is 9. The number of carbonyl (C=O) groups excluding carboxylic acids is 2. The number of benzene rings is 1. The molecule has 1 aliphatic heterocycles. The fourth-order valence-corrected chi connectivity index (χ4v) is 4.55. The second-order valence-corrected chi connectivity index (χ2v) is 8.67. The van der Waals surface area contributed by atoms with Gasteiger partial charge in [0.2, 0.25) is 5.91 Å². The third kappa shape index (κ3) is 5.09. The summed E-state index contributed by atoms with van der Waals surface area (Å²) < 4.78 is 17.7. The molecule has 9 nitrogen and oxygen atoms in total. The highest BCUT2D eigenvalue weighted by atomic mass is 16.5. The van der Waals surface area contributed by atoms with Gasteiger partial charge in [0.05, 0.1) is 44.3 Å². The van der Waals surface area contributed by atoms with Gasteiger partial charge in [-0.05, 0) is 44.4 Å². The van der Waals surface area contributed by atoms with Gasteiger partial charge in [0.1, 0.15) is 11.4 Å². The smallest absolute Gasteiger partial charge is 0.356 e. The summed E-state index contributed by atoms with van der Waals surface area (Å²) in [4.78, 5) is 30.3. The molecule has 1 amide bonds. The molecule has 0 radical (unpaired) electrons. The highest BCUT2D eigenvalue weighted by molar-refractivity contribution is 6.11. The summed E-state index contributed by atoms with van der Waals surface area (Å²) in [5.74, 6) is -0.110. The Bertz CT molecular complexity index is 1220. The lowest BCUT2D eigenvalue weighted by Gasteiger charge is -2.17. The van der Waals surface area contributed by atoms with E-state index in [1.807, 2.05) is 37.3 Å². The lowest BCUT2D eigenvalue weighted by atomic mass is 10.1. The van der Waals surface area contributed by atoms with Crippen LogP contribution in [0.4, 0.5) is 11.4 Å². The minimum atomic E-state index is -0.526. The van der Waals surface area contributed by atoms with Gasteiger partial charge >= 0.3 is 5.97 Å². The Balaban J connectivity index is 1.67. The van der Waals surface area contributed by atoms with Crippen molar-refractivity contribution >= 4 is 34.3 Å². The molecule has 2 N–H and O–H groups in total. The van der Waals surface area contributed by atoms with E-state index in [1.165, 1.54) is 7.11 Å². The van der Waals surface area contributed by atoms with Crippen LogP contribution in [0.25, 0.3) is 11.0 Å². The number of methoxy groups -OCH3 is 2. The summed E-state index contributed by atoms with van der Waals surface area (Å²) in [6.45, 7) is 5.42. The maximum atomic E-state index is 12.9. The molecule has 35 heavy (non-hydrogen) atoms. The van der Waals surface area contributed by atoms with Crippen LogP contribution < -0.4 is 15.4 Å². The van der Waals surface area contributed by atoms with E-state index in [-0.39, 0.29) is 23.6 Å². The fraction of sp³-hybridized carbons (Fsp3) is 0.423. The van der Waals surface area contributed by atoms with Crippen LogP contribution in [0.2, 0.25) is 0 Å². The molecule has 3 aromatic rings. The van der Waals surface area contributed by atoms with Crippen LogP contribution in [0.1, 0.15) is 36.3 Å². The number of para-hydroxylation sites is 1. The predicted octanol–water partition coefficient (Wildman–Crippen LogP) is 3.87. The largest absolute Gasteiger partial charge is 0.496 e. The number of aryl methyl sites for hydroxylation is 1. The average Bonchev–Trinajstić information content (AvgIpc) is 3.50. The highest BCUT2D eigenvalue weighted by Gasteiger charge is 2.29. The first-order valence-electron chi connectivity index (χ1n) is 11.8. The SMILES string of the molecule is CCn1c(C(=O)OC)c(NC(=O)[C@H]2CCOC2)c2cc(N[C@@H](C)Cc3ccccc3OC)cnc21. The quantitative estimate of drug-likeness (QED) is 0.448. The summed E-state index contributed by atoms with van der Waals surface area (Å²) in [5, 5.41) is 7.13. The molecule has 0 saturated carbocycles. The Labute approximate surface area is 204 Å². The zero-order chi connectivity index (χ0) is 24.9. The van der Waals surface area contributed by atoms with Crippen LogP contribution in [-0.2, 0) is 27.2 Å². The number of carbonyl (C=O) groups is 2. The van der Waals surface area contributed by atoms with Crippen molar-refractivity contribution in [1.82, 2.24) is 9.55 Å². The molecule has 0 spiro atoms. The zero-order valence-corrected chi connectivity index (χ0v) is 20.6. The standard InChI is InChI=1S/C26H32N4O5/c1-5-30-23(26(32)34-4)22(29-25(31)18-10-11-35-15-18)20-13-19(14-27-24(20)30)28-16(2)12-17-8-6-7-9-21(17)33-3/h6-9,13-14,16,18,28H,5,10-12,15H2,1-4H3,(H,29,31)/t16-,18-/m0/s1.